The van der Waals surface area contributed by atoms with Crippen LogP contribution in [0.5, 0.6) is 0 Å². The fraction of sp³-hybridized carbons (Fsp3) is 0.273. The van der Waals surface area contributed by atoms with E-state index in [-0.39, 0.29) is 6.04 Å². The predicted octanol–water partition coefficient (Wildman–Crippen LogP) is 2.44. The molecule has 0 saturated heterocycles. The highest BCUT2D eigenvalue weighted by atomic mass is 14.6. The van der Waals surface area contributed by atoms with Crippen LogP contribution in [-0.2, 0) is 0 Å². The molecule has 1 atom stereocenters. The summed E-state index contributed by atoms with van der Waals surface area (Å²) in [5.41, 5.74) is 6.94. The molecule has 1 rings (SSSR count). The molecule has 0 fully saturated rings. The van der Waals surface area contributed by atoms with Gasteiger partial charge in [0.25, 0.3) is 0 Å². The van der Waals surface area contributed by atoms with Gasteiger partial charge in [0.15, 0.2) is 0 Å². The zero-order chi connectivity index (χ0) is 8.81. The Kier molecular flexibility index (Phi) is 3.55. The van der Waals surface area contributed by atoms with Crippen molar-refractivity contribution in [1.82, 2.24) is 0 Å². The maximum absolute atomic E-state index is 5.73. The third kappa shape index (κ3) is 2.89. The standard InChI is InChI=1S/C11H15N/c1-2-11(12)9-8-10-6-4-3-5-7-10/h3-9,11H,2,12H2,1H3/b9-8+/t11-/m1/s1. The molecule has 0 aromatic heterocycles. The number of rotatable bonds is 3. The Morgan fingerprint density at radius 2 is 2.00 bits per heavy atom. The van der Waals surface area contributed by atoms with Gasteiger partial charge >= 0.3 is 0 Å². The van der Waals surface area contributed by atoms with Gasteiger partial charge in [-0.15, -0.1) is 0 Å². The van der Waals surface area contributed by atoms with Crippen LogP contribution in [0.25, 0.3) is 6.08 Å². The van der Waals surface area contributed by atoms with E-state index in [1.54, 1.807) is 0 Å². The molecular weight excluding hydrogens is 146 g/mol. The molecule has 0 aliphatic heterocycles. The third-order valence-electron chi connectivity index (χ3n) is 1.81. The van der Waals surface area contributed by atoms with E-state index in [0.29, 0.717) is 0 Å². The number of nitrogens with two attached hydrogens (primary N) is 1. The lowest BCUT2D eigenvalue weighted by Gasteiger charge is -1.99. The Balaban J connectivity index is 2.58. The summed E-state index contributed by atoms with van der Waals surface area (Å²) in [5.74, 6) is 0. The fourth-order valence-corrected chi connectivity index (χ4v) is 0.935. The molecule has 1 aromatic carbocycles. The minimum atomic E-state index is 0.185. The monoisotopic (exact) mass is 161 g/mol. The van der Waals surface area contributed by atoms with Crippen molar-refractivity contribution < 1.29 is 0 Å². The summed E-state index contributed by atoms with van der Waals surface area (Å²) in [7, 11) is 0. The topological polar surface area (TPSA) is 26.0 Å². The first kappa shape index (κ1) is 9.01. The smallest absolute Gasteiger partial charge is 0.0224 e. The van der Waals surface area contributed by atoms with Crippen molar-refractivity contribution in [3.05, 3.63) is 42.0 Å². The Hall–Kier alpha value is -1.08. The van der Waals surface area contributed by atoms with Crippen LogP contribution in [-0.4, -0.2) is 6.04 Å². The van der Waals surface area contributed by atoms with E-state index in [1.807, 2.05) is 24.3 Å². The van der Waals surface area contributed by atoms with Gasteiger partial charge in [0, 0.05) is 6.04 Å². The minimum absolute atomic E-state index is 0.185. The summed E-state index contributed by atoms with van der Waals surface area (Å²) in [5, 5.41) is 0. The summed E-state index contributed by atoms with van der Waals surface area (Å²) >= 11 is 0. The molecule has 0 aliphatic rings. The highest BCUT2D eigenvalue weighted by molar-refractivity contribution is 5.49. The van der Waals surface area contributed by atoms with Crippen LogP contribution in [0, 0.1) is 0 Å². The Morgan fingerprint density at radius 1 is 1.33 bits per heavy atom. The molecule has 0 heterocycles. The third-order valence-corrected chi connectivity index (χ3v) is 1.81. The highest BCUT2D eigenvalue weighted by Crippen LogP contribution is 2.02. The Labute approximate surface area is 73.9 Å². The first-order valence-corrected chi connectivity index (χ1v) is 4.31. The first-order chi connectivity index (χ1) is 5.83. The maximum atomic E-state index is 5.73. The Morgan fingerprint density at radius 3 is 2.58 bits per heavy atom. The molecule has 0 unspecified atom stereocenters. The van der Waals surface area contributed by atoms with Crippen LogP contribution in [0.15, 0.2) is 36.4 Å². The van der Waals surface area contributed by atoms with Gasteiger partial charge in [-0.1, -0.05) is 49.4 Å². The van der Waals surface area contributed by atoms with E-state index in [0.717, 1.165) is 6.42 Å². The van der Waals surface area contributed by atoms with Crippen molar-refractivity contribution in [2.24, 2.45) is 5.73 Å². The van der Waals surface area contributed by atoms with E-state index in [9.17, 15) is 0 Å². The lowest BCUT2D eigenvalue weighted by molar-refractivity contribution is 0.785. The molecule has 1 aromatic rings. The molecule has 0 bridgehead atoms. The van der Waals surface area contributed by atoms with Gasteiger partial charge in [-0.25, -0.2) is 0 Å². The number of hydrogen-bond donors (Lipinski definition) is 1. The molecule has 0 amide bonds. The van der Waals surface area contributed by atoms with Gasteiger partial charge < -0.3 is 5.73 Å². The van der Waals surface area contributed by atoms with E-state index < -0.39 is 0 Å². The normalized spacial score (nSPS) is 13.5. The number of hydrogen-bond acceptors (Lipinski definition) is 1. The van der Waals surface area contributed by atoms with Gasteiger partial charge in [-0.05, 0) is 12.0 Å². The Bertz CT molecular complexity index is 238. The van der Waals surface area contributed by atoms with Crippen molar-refractivity contribution in [3.63, 3.8) is 0 Å². The van der Waals surface area contributed by atoms with Crippen molar-refractivity contribution in [2.75, 3.05) is 0 Å². The maximum Gasteiger partial charge on any atom is 0.0224 e. The van der Waals surface area contributed by atoms with E-state index in [4.69, 9.17) is 5.73 Å². The number of benzene rings is 1. The molecule has 12 heavy (non-hydrogen) atoms. The van der Waals surface area contributed by atoms with Crippen LogP contribution in [0.2, 0.25) is 0 Å². The molecule has 0 saturated carbocycles. The molecular formula is C11H15N. The predicted molar refractivity (Wildman–Crippen MR) is 53.7 cm³/mol. The molecule has 0 spiro atoms. The van der Waals surface area contributed by atoms with Crippen molar-refractivity contribution in [2.45, 2.75) is 19.4 Å². The van der Waals surface area contributed by atoms with E-state index in [2.05, 4.69) is 25.1 Å². The average molecular weight is 161 g/mol. The molecule has 0 aliphatic carbocycles. The van der Waals surface area contributed by atoms with Gasteiger partial charge in [0.05, 0.1) is 0 Å². The minimum Gasteiger partial charge on any atom is -0.324 e. The first-order valence-electron chi connectivity index (χ1n) is 4.31. The highest BCUT2D eigenvalue weighted by Gasteiger charge is 1.90. The molecule has 64 valence electrons. The van der Waals surface area contributed by atoms with E-state index in [1.165, 1.54) is 5.56 Å². The second-order valence-electron chi connectivity index (χ2n) is 2.84. The summed E-state index contributed by atoms with van der Waals surface area (Å²) in [6.07, 6.45) is 5.09. The van der Waals surface area contributed by atoms with Crippen molar-refractivity contribution in [3.8, 4) is 0 Å². The molecule has 2 N–H and O–H groups in total. The summed E-state index contributed by atoms with van der Waals surface area (Å²) in [6, 6.07) is 10.4. The van der Waals surface area contributed by atoms with Crippen LogP contribution < -0.4 is 5.73 Å². The molecule has 1 heteroatoms. The average Bonchev–Trinajstić information content (AvgIpc) is 2.16. The summed E-state index contributed by atoms with van der Waals surface area (Å²) in [6.45, 7) is 2.08. The second kappa shape index (κ2) is 4.73. The lowest BCUT2D eigenvalue weighted by Crippen LogP contribution is -2.14. The summed E-state index contributed by atoms with van der Waals surface area (Å²) in [4.78, 5) is 0. The van der Waals surface area contributed by atoms with Crippen LogP contribution >= 0.6 is 0 Å². The zero-order valence-corrected chi connectivity index (χ0v) is 7.40. The molecule has 0 radical (unpaired) electrons. The summed E-state index contributed by atoms with van der Waals surface area (Å²) < 4.78 is 0. The van der Waals surface area contributed by atoms with Gasteiger partial charge in [-0.2, -0.15) is 0 Å². The largest absolute Gasteiger partial charge is 0.324 e. The SMILES string of the molecule is CC[C@@H](N)/C=C/c1ccccc1. The zero-order valence-electron chi connectivity index (χ0n) is 7.40. The van der Waals surface area contributed by atoms with Crippen molar-refractivity contribution >= 4 is 6.08 Å². The van der Waals surface area contributed by atoms with E-state index >= 15 is 0 Å². The molecule has 1 nitrogen and oxygen atoms in total. The van der Waals surface area contributed by atoms with Gasteiger partial charge in [0.2, 0.25) is 0 Å². The van der Waals surface area contributed by atoms with Gasteiger partial charge in [-0.3, -0.25) is 0 Å². The quantitative estimate of drug-likeness (QED) is 0.724. The van der Waals surface area contributed by atoms with Crippen LogP contribution in [0.1, 0.15) is 18.9 Å². The fourth-order valence-electron chi connectivity index (χ4n) is 0.935. The lowest BCUT2D eigenvalue weighted by atomic mass is 10.1. The van der Waals surface area contributed by atoms with Crippen LogP contribution in [0.4, 0.5) is 0 Å². The second-order valence-corrected chi connectivity index (χ2v) is 2.84. The van der Waals surface area contributed by atoms with Crippen molar-refractivity contribution in [1.29, 1.82) is 0 Å². The van der Waals surface area contributed by atoms with Crippen LogP contribution in [0.3, 0.4) is 0 Å². The van der Waals surface area contributed by atoms with Gasteiger partial charge in [0.1, 0.15) is 0 Å².